The zero-order valence-corrected chi connectivity index (χ0v) is 16.5. The van der Waals surface area contributed by atoms with Gasteiger partial charge in [-0.05, 0) is 24.6 Å². The fourth-order valence-electron chi connectivity index (χ4n) is 2.55. The van der Waals surface area contributed by atoms with Gasteiger partial charge in [-0.15, -0.1) is 0 Å². The molecule has 0 aliphatic rings. The van der Waals surface area contributed by atoms with Crippen LogP contribution in [0, 0.1) is 37.3 Å². The molecule has 0 bridgehead atoms. The van der Waals surface area contributed by atoms with Crippen molar-refractivity contribution < 1.29 is 19.9 Å². The average molecular weight is 407 g/mol. The summed E-state index contributed by atoms with van der Waals surface area (Å²) < 4.78 is 0. The van der Waals surface area contributed by atoms with Crippen LogP contribution >= 0.6 is 0 Å². The molecule has 0 heterocycles. The highest BCUT2D eigenvalue weighted by molar-refractivity contribution is 5.66. The SMILES string of the molecule is Cc1c(N(C)C)cccc1N(C)C.O=[N+]([O-])c1cc([N+](=O)[O-])c(O)c([N+](=O)[O-])c1. The maximum atomic E-state index is 10.4. The van der Waals surface area contributed by atoms with Crippen molar-refractivity contribution in [1.82, 2.24) is 0 Å². The van der Waals surface area contributed by atoms with E-state index in [-0.39, 0.29) is 0 Å². The standard InChI is InChI=1S/C11H18N2.C6H3N3O7/c1-9-10(12(2)3)7-6-8-11(9)13(4)5;10-6-4(8(13)14)1-3(7(11)12)2-5(6)9(15)16/h6-8H,1-5H3;1-2,10H. The maximum Gasteiger partial charge on any atom is 0.324 e. The van der Waals surface area contributed by atoms with E-state index < -0.39 is 37.6 Å². The van der Waals surface area contributed by atoms with E-state index in [1.54, 1.807) is 0 Å². The maximum absolute atomic E-state index is 10.4. The largest absolute Gasteiger partial charge is 0.497 e. The Labute approximate surface area is 166 Å². The fourth-order valence-corrected chi connectivity index (χ4v) is 2.55. The monoisotopic (exact) mass is 407 g/mol. The van der Waals surface area contributed by atoms with E-state index in [2.05, 4.69) is 63.1 Å². The first-order chi connectivity index (χ1) is 13.4. The lowest BCUT2D eigenvalue weighted by Crippen LogP contribution is -2.14. The first kappa shape index (κ1) is 23.1. The second-order valence-corrected chi connectivity index (χ2v) is 6.31. The van der Waals surface area contributed by atoms with Crippen molar-refractivity contribution in [2.24, 2.45) is 0 Å². The molecule has 0 saturated carbocycles. The van der Waals surface area contributed by atoms with Crippen LogP contribution in [0.3, 0.4) is 0 Å². The number of phenols is 1. The molecular formula is C17H21N5O7. The molecule has 0 atom stereocenters. The zero-order valence-electron chi connectivity index (χ0n) is 16.5. The molecule has 2 rings (SSSR count). The van der Waals surface area contributed by atoms with Crippen LogP contribution in [-0.2, 0) is 0 Å². The third kappa shape index (κ3) is 5.51. The molecule has 156 valence electrons. The lowest BCUT2D eigenvalue weighted by Gasteiger charge is -2.21. The number of rotatable bonds is 5. The molecule has 0 spiro atoms. The second kappa shape index (κ2) is 9.30. The van der Waals surface area contributed by atoms with Crippen LogP contribution in [0.25, 0.3) is 0 Å². The minimum Gasteiger partial charge on any atom is -0.497 e. The molecular weight excluding hydrogens is 386 g/mol. The molecule has 2 aromatic rings. The van der Waals surface area contributed by atoms with Gasteiger partial charge in [0.25, 0.3) is 11.4 Å². The highest BCUT2D eigenvalue weighted by Gasteiger charge is 2.30. The summed E-state index contributed by atoms with van der Waals surface area (Å²) in [5.41, 5.74) is 0.896. The molecule has 0 unspecified atom stereocenters. The number of aromatic hydroxyl groups is 1. The minimum absolute atomic E-state index is 0.447. The van der Waals surface area contributed by atoms with Crippen molar-refractivity contribution in [3.63, 3.8) is 0 Å². The van der Waals surface area contributed by atoms with E-state index in [0.29, 0.717) is 12.1 Å². The summed E-state index contributed by atoms with van der Waals surface area (Å²) in [6.45, 7) is 2.16. The van der Waals surface area contributed by atoms with Gasteiger partial charge < -0.3 is 14.9 Å². The molecule has 0 aliphatic carbocycles. The molecule has 0 amide bonds. The summed E-state index contributed by atoms with van der Waals surface area (Å²) in [4.78, 5) is 32.1. The van der Waals surface area contributed by atoms with Gasteiger partial charge in [0.1, 0.15) is 0 Å². The fraction of sp³-hybridized carbons (Fsp3) is 0.294. The van der Waals surface area contributed by atoms with Crippen molar-refractivity contribution in [2.75, 3.05) is 38.0 Å². The molecule has 12 nitrogen and oxygen atoms in total. The van der Waals surface area contributed by atoms with E-state index in [0.717, 1.165) is 0 Å². The van der Waals surface area contributed by atoms with Gasteiger partial charge in [0.15, 0.2) is 0 Å². The molecule has 0 radical (unpaired) electrons. The number of phenolic OH excluding ortho intramolecular Hbond substituents is 1. The molecule has 12 heteroatoms. The van der Waals surface area contributed by atoms with E-state index in [9.17, 15) is 30.3 Å². The number of non-ortho nitro benzene ring substituents is 1. The Morgan fingerprint density at radius 2 is 1.17 bits per heavy atom. The summed E-state index contributed by atoms with van der Waals surface area (Å²) in [6.07, 6.45) is 0. The van der Waals surface area contributed by atoms with Gasteiger partial charge in [-0.3, -0.25) is 30.3 Å². The van der Waals surface area contributed by atoms with Crippen molar-refractivity contribution in [1.29, 1.82) is 0 Å². The lowest BCUT2D eigenvalue weighted by molar-refractivity contribution is -0.404. The second-order valence-electron chi connectivity index (χ2n) is 6.31. The third-order valence-corrected chi connectivity index (χ3v) is 3.90. The Balaban J connectivity index is 0.000000296. The van der Waals surface area contributed by atoms with Gasteiger partial charge in [0.2, 0.25) is 0 Å². The summed E-state index contributed by atoms with van der Waals surface area (Å²) in [6, 6.07) is 7.27. The topological polar surface area (TPSA) is 156 Å². The van der Waals surface area contributed by atoms with E-state index in [4.69, 9.17) is 5.11 Å². The van der Waals surface area contributed by atoms with Crippen LogP contribution in [0.15, 0.2) is 30.3 Å². The smallest absolute Gasteiger partial charge is 0.324 e. The minimum atomic E-state index is -1.21. The van der Waals surface area contributed by atoms with E-state index in [1.807, 2.05) is 0 Å². The molecule has 0 fully saturated rings. The lowest BCUT2D eigenvalue weighted by atomic mass is 10.1. The van der Waals surface area contributed by atoms with Crippen molar-refractivity contribution in [3.8, 4) is 5.75 Å². The number of benzene rings is 2. The van der Waals surface area contributed by atoms with Crippen LogP contribution < -0.4 is 9.80 Å². The zero-order chi connectivity index (χ0) is 22.5. The summed E-state index contributed by atoms with van der Waals surface area (Å²) in [5.74, 6) is -1.21. The van der Waals surface area contributed by atoms with Crippen LogP contribution in [0.2, 0.25) is 0 Å². The molecule has 29 heavy (non-hydrogen) atoms. The number of hydrogen-bond acceptors (Lipinski definition) is 9. The molecule has 1 N–H and O–H groups in total. The van der Waals surface area contributed by atoms with Gasteiger partial charge in [0.05, 0.1) is 26.9 Å². The van der Waals surface area contributed by atoms with Crippen LogP contribution in [0.1, 0.15) is 5.56 Å². The first-order valence-corrected chi connectivity index (χ1v) is 8.12. The van der Waals surface area contributed by atoms with Gasteiger partial charge in [-0.2, -0.15) is 0 Å². The van der Waals surface area contributed by atoms with Crippen LogP contribution in [0.5, 0.6) is 5.75 Å². The number of nitro groups is 3. The Hall–Kier alpha value is -3.96. The number of anilines is 2. The summed E-state index contributed by atoms with van der Waals surface area (Å²) in [7, 11) is 8.28. The van der Waals surface area contributed by atoms with Crippen molar-refractivity contribution in [3.05, 3.63) is 66.2 Å². The molecule has 0 aliphatic heterocycles. The number of nitrogens with zero attached hydrogens (tertiary/aromatic N) is 5. The Kier molecular flexibility index (Phi) is 7.40. The highest BCUT2D eigenvalue weighted by Crippen LogP contribution is 2.38. The third-order valence-electron chi connectivity index (χ3n) is 3.90. The summed E-state index contributed by atoms with van der Waals surface area (Å²) in [5, 5.41) is 40.2. The quantitative estimate of drug-likeness (QED) is 0.580. The Morgan fingerprint density at radius 3 is 1.45 bits per heavy atom. The predicted octanol–water partition coefficient (Wildman–Crippen LogP) is 3.24. The predicted molar refractivity (Wildman–Crippen MR) is 108 cm³/mol. The van der Waals surface area contributed by atoms with Crippen molar-refractivity contribution in [2.45, 2.75) is 6.92 Å². The van der Waals surface area contributed by atoms with Gasteiger partial charge in [-0.25, -0.2) is 0 Å². The summed E-state index contributed by atoms with van der Waals surface area (Å²) >= 11 is 0. The Bertz CT molecular complexity index is 883. The molecule has 0 aromatic heterocycles. The Morgan fingerprint density at radius 1 is 0.793 bits per heavy atom. The van der Waals surface area contributed by atoms with Crippen LogP contribution in [-0.4, -0.2) is 48.1 Å². The number of hydrogen-bond donors (Lipinski definition) is 1. The average Bonchev–Trinajstić information content (AvgIpc) is 2.61. The highest BCUT2D eigenvalue weighted by atomic mass is 16.6. The number of nitro benzene ring substituents is 3. The van der Waals surface area contributed by atoms with E-state index in [1.165, 1.54) is 16.9 Å². The van der Waals surface area contributed by atoms with Gasteiger partial charge in [-0.1, -0.05) is 6.07 Å². The molecule has 0 saturated heterocycles. The normalized spacial score (nSPS) is 9.83. The van der Waals surface area contributed by atoms with Gasteiger partial charge in [0, 0.05) is 39.6 Å². The van der Waals surface area contributed by atoms with Crippen LogP contribution in [0.4, 0.5) is 28.4 Å². The van der Waals surface area contributed by atoms with Crippen molar-refractivity contribution >= 4 is 28.4 Å². The first-order valence-electron chi connectivity index (χ1n) is 8.12. The van der Waals surface area contributed by atoms with Gasteiger partial charge >= 0.3 is 11.4 Å². The van der Waals surface area contributed by atoms with E-state index >= 15 is 0 Å². The molecule has 2 aromatic carbocycles.